The van der Waals surface area contributed by atoms with E-state index in [0.717, 1.165) is 16.0 Å². The van der Waals surface area contributed by atoms with Crippen LogP contribution in [0.2, 0.25) is 0 Å². The average Bonchev–Trinajstić information content (AvgIpc) is 3.30. The van der Waals surface area contributed by atoms with E-state index in [-0.39, 0.29) is 29.1 Å². The quantitative estimate of drug-likeness (QED) is 0.213. The monoisotopic (exact) mass is 435 g/mol. The van der Waals surface area contributed by atoms with Gasteiger partial charge in [0.05, 0.1) is 10.5 Å². The van der Waals surface area contributed by atoms with Crippen molar-refractivity contribution < 1.29 is 19.6 Å². The van der Waals surface area contributed by atoms with Crippen molar-refractivity contribution in [3.05, 3.63) is 97.5 Å². The number of rotatable bonds is 5. The molecule has 0 spiro atoms. The van der Waals surface area contributed by atoms with Crippen LogP contribution in [0.3, 0.4) is 0 Å². The van der Waals surface area contributed by atoms with Crippen molar-refractivity contribution in [3.63, 3.8) is 0 Å². The summed E-state index contributed by atoms with van der Waals surface area (Å²) in [5.41, 5.74) is 1.69. The third-order valence-corrected chi connectivity index (χ3v) is 6.19. The zero-order chi connectivity index (χ0) is 22.1. The lowest BCUT2D eigenvalue weighted by molar-refractivity contribution is -0.384. The lowest BCUT2D eigenvalue weighted by Gasteiger charge is -2.24. The van der Waals surface area contributed by atoms with Crippen molar-refractivity contribution in [2.45, 2.75) is 19.5 Å². The minimum Gasteiger partial charge on any atom is -0.507 e. The maximum atomic E-state index is 13.0. The molecule has 1 unspecified atom stereocenters. The van der Waals surface area contributed by atoms with E-state index in [1.54, 1.807) is 24.5 Å². The molecule has 0 bridgehead atoms. The molecule has 31 heavy (non-hydrogen) atoms. The summed E-state index contributed by atoms with van der Waals surface area (Å²) in [4.78, 5) is 42.6. The van der Waals surface area contributed by atoms with Crippen LogP contribution in [0.25, 0.3) is 5.76 Å². The Balaban J connectivity index is 1.84. The number of benzene rings is 1. The number of aliphatic hydroxyl groups is 1. The number of pyridine rings is 1. The van der Waals surface area contributed by atoms with Gasteiger partial charge in [0.1, 0.15) is 11.8 Å². The first-order valence-electron chi connectivity index (χ1n) is 9.34. The Morgan fingerprint density at radius 3 is 2.55 bits per heavy atom. The van der Waals surface area contributed by atoms with Gasteiger partial charge in [0.25, 0.3) is 17.4 Å². The predicted octanol–water partition coefficient (Wildman–Crippen LogP) is 3.98. The summed E-state index contributed by atoms with van der Waals surface area (Å²) in [6.07, 6.45) is 3.24. The fourth-order valence-electron chi connectivity index (χ4n) is 3.57. The van der Waals surface area contributed by atoms with Crippen LogP contribution in [0.4, 0.5) is 5.69 Å². The molecule has 156 valence electrons. The molecule has 1 fully saturated rings. The second-order valence-corrected chi connectivity index (χ2v) is 8.01. The minimum absolute atomic E-state index is 0.0340. The van der Waals surface area contributed by atoms with Crippen LogP contribution in [0.1, 0.15) is 27.6 Å². The number of Topliss-reactive ketones (excluding diaryl/α,β-unsaturated/α-hetero) is 1. The first kappa shape index (κ1) is 20.4. The van der Waals surface area contributed by atoms with Crippen LogP contribution in [0.15, 0.2) is 65.8 Å². The number of nitro benzene ring substituents is 1. The average molecular weight is 435 g/mol. The van der Waals surface area contributed by atoms with Crippen LogP contribution in [-0.2, 0) is 16.1 Å². The Bertz CT molecular complexity index is 1200. The number of ketones is 1. The van der Waals surface area contributed by atoms with E-state index in [9.17, 15) is 24.8 Å². The second-order valence-electron chi connectivity index (χ2n) is 7.06. The molecule has 8 nitrogen and oxygen atoms in total. The highest BCUT2D eigenvalue weighted by Gasteiger charge is 2.47. The van der Waals surface area contributed by atoms with Gasteiger partial charge in [-0.05, 0) is 47.7 Å². The molecular weight excluding hydrogens is 418 g/mol. The Morgan fingerprint density at radius 1 is 1.23 bits per heavy atom. The standard InChI is InChI=1S/C22H17N3O5S/c1-13-8-10-31-21(13)18-17(19(26)15-4-6-16(7-5-15)25(29)30)20(27)22(28)24(18)12-14-3-2-9-23-11-14/h2-11,18,26H,12H2,1H3/b19-17-. The highest BCUT2D eigenvalue weighted by Crippen LogP contribution is 2.43. The van der Waals surface area contributed by atoms with Crippen LogP contribution in [0, 0.1) is 17.0 Å². The topological polar surface area (TPSA) is 114 Å². The first-order chi connectivity index (χ1) is 14.9. The number of carbonyl (C=O) groups excluding carboxylic acids is 2. The van der Waals surface area contributed by atoms with Gasteiger partial charge in [-0.1, -0.05) is 6.07 Å². The van der Waals surface area contributed by atoms with Crippen molar-refractivity contribution in [1.29, 1.82) is 0 Å². The molecule has 3 heterocycles. The van der Waals surface area contributed by atoms with Crippen molar-refractivity contribution >= 4 is 34.5 Å². The largest absolute Gasteiger partial charge is 0.507 e. The number of nitro groups is 1. The minimum atomic E-state index is -0.794. The Labute approximate surface area is 181 Å². The summed E-state index contributed by atoms with van der Waals surface area (Å²) in [7, 11) is 0. The summed E-state index contributed by atoms with van der Waals surface area (Å²) in [6.45, 7) is 2.03. The zero-order valence-corrected chi connectivity index (χ0v) is 17.2. The van der Waals surface area contributed by atoms with E-state index in [1.807, 2.05) is 18.4 Å². The molecule has 2 aromatic heterocycles. The van der Waals surface area contributed by atoms with Crippen LogP contribution in [-0.4, -0.2) is 31.6 Å². The fourth-order valence-corrected chi connectivity index (χ4v) is 4.61. The lowest BCUT2D eigenvalue weighted by atomic mass is 9.98. The number of aromatic nitrogens is 1. The zero-order valence-electron chi connectivity index (χ0n) is 16.4. The molecule has 1 aromatic carbocycles. The number of likely N-dealkylation sites (tertiary alicyclic amines) is 1. The van der Waals surface area contributed by atoms with Crippen LogP contribution >= 0.6 is 11.3 Å². The molecule has 0 radical (unpaired) electrons. The molecule has 0 saturated carbocycles. The van der Waals surface area contributed by atoms with Gasteiger partial charge < -0.3 is 10.0 Å². The van der Waals surface area contributed by atoms with Gasteiger partial charge in [0.2, 0.25) is 0 Å². The predicted molar refractivity (Wildman–Crippen MR) is 114 cm³/mol. The van der Waals surface area contributed by atoms with Gasteiger partial charge in [-0.15, -0.1) is 11.3 Å². The summed E-state index contributed by atoms with van der Waals surface area (Å²) < 4.78 is 0. The van der Waals surface area contributed by atoms with Gasteiger partial charge in [0.15, 0.2) is 0 Å². The second kappa shape index (κ2) is 8.11. The van der Waals surface area contributed by atoms with E-state index in [2.05, 4.69) is 4.98 Å². The Morgan fingerprint density at radius 2 is 1.97 bits per heavy atom. The number of non-ortho nitro benzene ring substituents is 1. The first-order valence-corrected chi connectivity index (χ1v) is 10.2. The van der Waals surface area contributed by atoms with E-state index in [4.69, 9.17) is 0 Å². The summed E-state index contributed by atoms with van der Waals surface area (Å²) in [5, 5.41) is 23.8. The number of aryl methyl sites for hydroxylation is 1. The molecule has 0 aliphatic carbocycles. The molecule has 1 aliphatic rings. The van der Waals surface area contributed by atoms with E-state index in [0.29, 0.717) is 0 Å². The smallest absolute Gasteiger partial charge is 0.295 e. The van der Waals surface area contributed by atoms with Gasteiger partial charge in [-0.2, -0.15) is 0 Å². The summed E-state index contributed by atoms with van der Waals surface area (Å²) in [6, 6.07) is 9.87. The van der Waals surface area contributed by atoms with Crippen molar-refractivity contribution in [2.75, 3.05) is 0 Å². The van der Waals surface area contributed by atoms with Gasteiger partial charge in [-0.3, -0.25) is 24.7 Å². The molecule has 9 heteroatoms. The molecule has 1 atom stereocenters. The van der Waals surface area contributed by atoms with Gasteiger partial charge in [-0.25, -0.2) is 0 Å². The Kier molecular flexibility index (Phi) is 5.35. The van der Waals surface area contributed by atoms with Crippen molar-refractivity contribution in [3.8, 4) is 0 Å². The lowest BCUT2D eigenvalue weighted by Crippen LogP contribution is -2.29. The molecule has 1 N–H and O–H groups in total. The summed E-state index contributed by atoms with van der Waals surface area (Å²) >= 11 is 1.39. The Hall–Kier alpha value is -3.85. The highest BCUT2D eigenvalue weighted by atomic mass is 32.1. The molecule has 1 amide bonds. The van der Waals surface area contributed by atoms with E-state index in [1.165, 1.54) is 40.5 Å². The number of carbonyl (C=O) groups is 2. The maximum absolute atomic E-state index is 13.0. The third kappa shape index (κ3) is 3.71. The molecule has 3 aromatic rings. The maximum Gasteiger partial charge on any atom is 0.295 e. The number of hydrogen-bond donors (Lipinski definition) is 1. The highest BCUT2D eigenvalue weighted by molar-refractivity contribution is 7.10. The van der Waals surface area contributed by atoms with Gasteiger partial charge in [0, 0.05) is 41.5 Å². The normalized spacial score (nSPS) is 17.8. The number of aliphatic hydroxyl groups excluding tert-OH is 1. The molecule has 1 saturated heterocycles. The van der Waals surface area contributed by atoms with Crippen molar-refractivity contribution in [2.24, 2.45) is 0 Å². The molecule has 1 aliphatic heterocycles. The van der Waals surface area contributed by atoms with E-state index >= 15 is 0 Å². The van der Waals surface area contributed by atoms with Crippen LogP contribution < -0.4 is 0 Å². The SMILES string of the molecule is Cc1ccsc1C1/C(=C(/O)c2ccc([N+](=O)[O-])cc2)C(=O)C(=O)N1Cc1cccnc1. The third-order valence-electron chi connectivity index (χ3n) is 5.12. The molecule has 4 rings (SSSR count). The fraction of sp³-hybridized carbons (Fsp3) is 0.136. The molecular formula is C22H17N3O5S. The number of hydrogen-bond acceptors (Lipinski definition) is 7. The number of thiophene rings is 1. The summed E-state index contributed by atoms with van der Waals surface area (Å²) in [5.74, 6) is -1.87. The van der Waals surface area contributed by atoms with Crippen molar-refractivity contribution in [1.82, 2.24) is 9.88 Å². The van der Waals surface area contributed by atoms with E-state index < -0.39 is 22.7 Å². The number of nitrogens with zero attached hydrogens (tertiary/aromatic N) is 3. The van der Waals surface area contributed by atoms with Crippen LogP contribution in [0.5, 0.6) is 0 Å². The van der Waals surface area contributed by atoms with Gasteiger partial charge >= 0.3 is 0 Å². The number of amides is 1.